The van der Waals surface area contributed by atoms with Crippen molar-refractivity contribution < 1.29 is 14.6 Å². The van der Waals surface area contributed by atoms with Crippen LogP contribution in [-0.4, -0.2) is 36.4 Å². The average Bonchev–Trinajstić information content (AvgIpc) is 2.27. The molecule has 1 fully saturated rings. The van der Waals surface area contributed by atoms with Gasteiger partial charge in [0.2, 0.25) is 0 Å². The van der Waals surface area contributed by atoms with E-state index in [2.05, 4.69) is 34.7 Å². The van der Waals surface area contributed by atoms with Crippen LogP contribution < -0.4 is 4.90 Å². The van der Waals surface area contributed by atoms with Crippen molar-refractivity contribution in [3.8, 4) is 0 Å². The molecule has 0 bridgehead atoms. The maximum atomic E-state index is 11.1. The van der Waals surface area contributed by atoms with Crippen LogP contribution in [-0.2, 0) is 4.74 Å². The second-order valence-electron chi connectivity index (χ2n) is 5.02. The lowest BCUT2D eigenvalue weighted by molar-refractivity contribution is 0.0643. The second-order valence-corrected chi connectivity index (χ2v) is 5.94. The van der Waals surface area contributed by atoms with Crippen LogP contribution in [0.3, 0.4) is 0 Å². The summed E-state index contributed by atoms with van der Waals surface area (Å²) in [7, 11) is 0. The minimum absolute atomic E-state index is 0.130. The summed E-state index contributed by atoms with van der Waals surface area (Å²) in [4.78, 5) is 13.3. The second kappa shape index (κ2) is 4.90. The highest BCUT2D eigenvalue weighted by Gasteiger charge is 2.31. The number of hydrogen-bond donors (Lipinski definition) is 1. The first kappa shape index (κ1) is 13.4. The van der Waals surface area contributed by atoms with Crippen molar-refractivity contribution in [3.05, 3.63) is 28.2 Å². The molecule has 4 nitrogen and oxygen atoms in total. The molecule has 0 atom stereocenters. The lowest BCUT2D eigenvalue weighted by Crippen LogP contribution is -2.53. The van der Waals surface area contributed by atoms with Gasteiger partial charge in [0, 0.05) is 16.7 Å². The van der Waals surface area contributed by atoms with Gasteiger partial charge in [-0.1, -0.05) is 15.9 Å². The van der Waals surface area contributed by atoms with Crippen LogP contribution >= 0.6 is 15.9 Å². The van der Waals surface area contributed by atoms with Gasteiger partial charge in [0.15, 0.2) is 0 Å². The van der Waals surface area contributed by atoms with E-state index in [9.17, 15) is 4.79 Å². The number of anilines is 1. The zero-order valence-corrected chi connectivity index (χ0v) is 12.0. The first-order chi connectivity index (χ1) is 8.40. The highest BCUT2D eigenvalue weighted by molar-refractivity contribution is 9.10. The first-order valence-electron chi connectivity index (χ1n) is 5.79. The van der Waals surface area contributed by atoms with Crippen molar-refractivity contribution in [2.24, 2.45) is 0 Å². The Hall–Kier alpha value is -1.07. The third kappa shape index (κ3) is 2.67. The van der Waals surface area contributed by atoms with Crippen molar-refractivity contribution in [1.82, 2.24) is 0 Å². The summed E-state index contributed by atoms with van der Waals surface area (Å²) in [6.45, 7) is 6.25. The smallest absolute Gasteiger partial charge is 0.335 e. The van der Waals surface area contributed by atoms with E-state index in [4.69, 9.17) is 9.84 Å². The number of hydrogen-bond acceptors (Lipinski definition) is 3. The number of morpholine rings is 1. The number of nitrogens with zero attached hydrogens (tertiary/aromatic N) is 1. The molecule has 0 unspecified atom stereocenters. The van der Waals surface area contributed by atoms with E-state index in [-0.39, 0.29) is 5.54 Å². The van der Waals surface area contributed by atoms with Crippen LogP contribution in [0.15, 0.2) is 22.7 Å². The Kier molecular flexibility index (Phi) is 3.64. The molecule has 0 saturated carbocycles. The summed E-state index contributed by atoms with van der Waals surface area (Å²) >= 11 is 3.36. The molecule has 1 N–H and O–H groups in total. The molecule has 0 radical (unpaired) electrons. The lowest BCUT2D eigenvalue weighted by Gasteiger charge is -2.44. The fourth-order valence-corrected chi connectivity index (χ4v) is 2.67. The van der Waals surface area contributed by atoms with Gasteiger partial charge >= 0.3 is 5.97 Å². The fourth-order valence-electron chi connectivity index (χ4n) is 2.19. The molecule has 0 aromatic heterocycles. The number of carboxylic acids is 1. The van der Waals surface area contributed by atoms with Crippen molar-refractivity contribution in [1.29, 1.82) is 0 Å². The Labute approximate surface area is 115 Å². The van der Waals surface area contributed by atoms with E-state index in [1.54, 1.807) is 12.1 Å². The molecule has 98 valence electrons. The van der Waals surface area contributed by atoms with Gasteiger partial charge in [-0.25, -0.2) is 4.79 Å². The van der Waals surface area contributed by atoms with Crippen molar-refractivity contribution in [3.63, 3.8) is 0 Å². The number of carbonyl (C=O) groups is 1. The van der Waals surface area contributed by atoms with Crippen LogP contribution in [0.5, 0.6) is 0 Å². The van der Waals surface area contributed by atoms with E-state index in [1.807, 2.05) is 6.07 Å². The summed E-state index contributed by atoms with van der Waals surface area (Å²) in [5.74, 6) is -0.913. The van der Waals surface area contributed by atoms with Crippen LogP contribution in [0, 0.1) is 0 Å². The Morgan fingerprint density at radius 1 is 1.44 bits per heavy atom. The predicted octanol–water partition coefficient (Wildman–Crippen LogP) is 2.76. The van der Waals surface area contributed by atoms with Crippen molar-refractivity contribution >= 4 is 27.6 Å². The Morgan fingerprint density at radius 3 is 2.78 bits per heavy atom. The van der Waals surface area contributed by atoms with Gasteiger partial charge in [0.05, 0.1) is 24.3 Å². The Morgan fingerprint density at radius 2 is 2.17 bits per heavy atom. The van der Waals surface area contributed by atoms with Gasteiger partial charge in [0.25, 0.3) is 0 Å². The van der Waals surface area contributed by atoms with E-state index in [1.165, 1.54) is 0 Å². The molecule has 1 aromatic rings. The molecule has 1 aliphatic heterocycles. The third-order valence-electron chi connectivity index (χ3n) is 3.09. The maximum absolute atomic E-state index is 11.1. The van der Waals surface area contributed by atoms with Gasteiger partial charge in [0.1, 0.15) is 0 Å². The fraction of sp³-hybridized carbons (Fsp3) is 0.462. The predicted molar refractivity (Wildman–Crippen MR) is 73.3 cm³/mol. The number of rotatable bonds is 2. The van der Waals surface area contributed by atoms with Crippen molar-refractivity contribution in [2.45, 2.75) is 19.4 Å². The third-order valence-corrected chi connectivity index (χ3v) is 3.54. The monoisotopic (exact) mass is 313 g/mol. The SMILES string of the molecule is CC1(C)COCCN1c1cc(Br)cc(C(=O)O)c1. The van der Waals surface area contributed by atoms with Gasteiger partial charge in [-0.05, 0) is 32.0 Å². The minimum Gasteiger partial charge on any atom is -0.478 e. The molecule has 1 saturated heterocycles. The van der Waals surface area contributed by atoms with Crippen LogP contribution in [0.1, 0.15) is 24.2 Å². The molecule has 0 aliphatic carbocycles. The van der Waals surface area contributed by atoms with Gasteiger partial charge in [-0.2, -0.15) is 0 Å². The molecule has 1 aromatic carbocycles. The number of ether oxygens (including phenoxy) is 1. The molecule has 2 rings (SSSR count). The van der Waals surface area contributed by atoms with Crippen LogP contribution in [0.25, 0.3) is 0 Å². The van der Waals surface area contributed by atoms with Crippen LogP contribution in [0.4, 0.5) is 5.69 Å². The van der Waals surface area contributed by atoms with Gasteiger partial charge in [-0.15, -0.1) is 0 Å². The zero-order valence-electron chi connectivity index (χ0n) is 10.4. The molecule has 0 amide bonds. The van der Waals surface area contributed by atoms with E-state index in [0.29, 0.717) is 18.8 Å². The molecule has 1 aliphatic rings. The largest absolute Gasteiger partial charge is 0.478 e. The average molecular weight is 314 g/mol. The van der Waals surface area contributed by atoms with Crippen LogP contribution in [0.2, 0.25) is 0 Å². The first-order valence-corrected chi connectivity index (χ1v) is 6.59. The normalized spacial score (nSPS) is 18.7. The topological polar surface area (TPSA) is 49.8 Å². The lowest BCUT2D eigenvalue weighted by atomic mass is 10.0. The summed E-state index contributed by atoms with van der Waals surface area (Å²) in [6, 6.07) is 5.26. The number of carboxylic acid groups (broad SMARTS) is 1. The highest BCUT2D eigenvalue weighted by Crippen LogP contribution is 2.30. The summed E-state index contributed by atoms with van der Waals surface area (Å²) in [5.41, 5.74) is 1.08. The minimum atomic E-state index is -0.913. The summed E-state index contributed by atoms with van der Waals surface area (Å²) < 4.78 is 6.25. The molecule has 18 heavy (non-hydrogen) atoms. The van der Waals surface area contributed by atoms with Crippen molar-refractivity contribution in [2.75, 3.05) is 24.7 Å². The Bertz CT molecular complexity index is 473. The van der Waals surface area contributed by atoms with E-state index < -0.39 is 5.97 Å². The number of halogens is 1. The number of benzene rings is 1. The molecule has 1 heterocycles. The standard InChI is InChI=1S/C13H16BrNO3/c1-13(2)8-18-4-3-15(13)11-6-9(12(16)17)5-10(14)7-11/h5-7H,3-4,8H2,1-2H3,(H,16,17). The molecular formula is C13H16BrNO3. The molecule has 0 spiro atoms. The van der Waals surface area contributed by atoms with Gasteiger partial charge < -0.3 is 14.7 Å². The number of aromatic carboxylic acids is 1. The van der Waals surface area contributed by atoms with Gasteiger partial charge in [-0.3, -0.25) is 0 Å². The maximum Gasteiger partial charge on any atom is 0.335 e. The van der Waals surface area contributed by atoms with E-state index in [0.717, 1.165) is 16.7 Å². The molecule has 5 heteroatoms. The highest BCUT2D eigenvalue weighted by atomic mass is 79.9. The Balaban J connectivity index is 2.40. The zero-order chi connectivity index (χ0) is 13.3. The summed E-state index contributed by atoms with van der Waals surface area (Å²) in [5, 5.41) is 9.10. The van der Waals surface area contributed by atoms with E-state index >= 15 is 0 Å². The quantitative estimate of drug-likeness (QED) is 0.912. The summed E-state index contributed by atoms with van der Waals surface area (Å²) in [6.07, 6.45) is 0. The molecular weight excluding hydrogens is 298 g/mol.